The summed E-state index contributed by atoms with van der Waals surface area (Å²) >= 11 is -1.44. The SMILES string of the molecule is C[N-]C.C[N-]C.C[N-]C.[CH3][Ge]([CH3])([CH3])[c-]1cccc1.[Zr+4]. The normalized spacial score (nSPS) is 8.47. The maximum Gasteiger partial charge on any atom is 4.00 e. The second-order valence-corrected chi connectivity index (χ2v) is 15.4. The molecule has 0 heterocycles. The monoisotopic (exact) mass is 405 g/mol. The van der Waals surface area contributed by atoms with E-state index >= 15 is 0 Å². The van der Waals surface area contributed by atoms with Gasteiger partial charge in [-0.15, -0.1) is 0 Å². The Morgan fingerprint density at radius 2 is 0.895 bits per heavy atom. The Balaban J connectivity index is -0.0000000956. The van der Waals surface area contributed by atoms with Crippen LogP contribution in [-0.4, -0.2) is 55.6 Å². The molecule has 0 saturated carbocycles. The van der Waals surface area contributed by atoms with Gasteiger partial charge in [0.1, 0.15) is 0 Å². The van der Waals surface area contributed by atoms with E-state index in [-0.39, 0.29) is 26.2 Å². The van der Waals surface area contributed by atoms with Crippen LogP contribution < -0.4 is 4.40 Å². The zero-order valence-electron chi connectivity index (χ0n) is 14.2. The molecule has 0 aliphatic rings. The van der Waals surface area contributed by atoms with E-state index in [0.717, 1.165) is 0 Å². The molecule has 0 N–H and O–H groups in total. The van der Waals surface area contributed by atoms with E-state index in [1.54, 1.807) is 46.7 Å². The molecular weight excluding hydrogens is 374 g/mol. The summed E-state index contributed by atoms with van der Waals surface area (Å²) in [5.74, 6) is 7.24. The summed E-state index contributed by atoms with van der Waals surface area (Å²) in [4.78, 5) is 0. The molecular formula is C14H31GeN3Zr. The van der Waals surface area contributed by atoms with Crippen LogP contribution in [0, 0.1) is 0 Å². The average molecular weight is 405 g/mol. The van der Waals surface area contributed by atoms with Crippen molar-refractivity contribution < 1.29 is 26.2 Å². The molecule has 0 saturated heterocycles. The summed E-state index contributed by atoms with van der Waals surface area (Å²) in [6.45, 7) is 0. The summed E-state index contributed by atoms with van der Waals surface area (Å²) in [5.41, 5.74) is 0. The molecule has 0 bridgehead atoms. The predicted molar refractivity (Wildman–Crippen MR) is 90.6 cm³/mol. The van der Waals surface area contributed by atoms with Gasteiger partial charge in [-0.25, -0.2) is 0 Å². The van der Waals surface area contributed by atoms with Crippen molar-refractivity contribution >= 4 is 17.7 Å². The molecule has 0 amide bonds. The van der Waals surface area contributed by atoms with Crippen LogP contribution in [0.5, 0.6) is 0 Å². The molecule has 110 valence electrons. The number of hydrogen-bond acceptors (Lipinski definition) is 0. The van der Waals surface area contributed by atoms with Gasteiger partial charge in [0, 0.05) is 0 Å². The van der Waals surface area contributed by atoms with Gasteiger partial charge < -0.3 is 16.0 Å². The predicted octanol–water partition coefficient (Wildman–Crippen LogP) is 3.81. The van der Waals surface area contributed by atoms with Crippen LogP contribution in [0.3, 0.4) is 0 Å². The van der Waals surface area contributed by atoms with Crippen molar-refractivity contribution in [3.8, 4) is 0 Å². The van der Waals surface area contributed by atoms with Crippen LogP contribution in [0.15, 0.2) is 24.3 Å². The first kappa shape index (κ1) is 27.9. The Morgan fingerprint density at radius 3 is 1.00 bits per heavy atom. The fourth-order valence-corrected chi connectivity index (χ4v) is 3.38. The zero-order valence-corrected chi connectivity index (χ0v) is 18.7. The minimum absolute atomic E-state index is 0. The second kappa shape index (κ2) is 21.0. The molecule has 5 heteroatoms. The van der Waals surface area contributed by atoms with Crippen LogP contribution in [0.1, 0.15) is 0 Å². The van der Waals surface area contributed by atoms with Gasteiger partial charge in [-0.3, -0.25) is 0 Å². The molecule has 0 fully saturated rings. The van der Waals surface area contributed by atoms with E-state index in [1.165, 1.54) is 0 Å². The molecule has 0 atom stereocenters. The van der Waals surface area contributed by atoms with Gasteiger partial charge >= 0.3 is 85.4 Å². The smallest absolute Gasteiger partial charge is 4.00 e. The van der Waals surface area contributed by atoms with Crippen molar-refractivity contribution in [1.29, 1.82) is 0 Å². The van der Waals surface area contributed by atoms with E-state index in [0.29, 0.717) is 0 Å². The minimum Gasteiger partial charge on any atom is 4.00 e. The average Bonchev–Trinajstić information content (AvgIpc) is 2.72. The molecule has 19 heavy (non-hydrogen) atoms. The molecule has 0 aliphatic heterocycles. The quantitative estimate of drug-likeness (QED) is 0.504. The summed E-state index contributed by atoms with van der Waals surface area (Å²) in [6, 6.07) is 8.76. The first-order valence-corrected chi connectivity index (χ1v) is 13.4. The number of rotatable bonds is 1. The Labute approximate surface area is 143 Å². The zero-order chi connectivity index (χ0) is 15.0. The Kier molecular flexibility index (Phi) is 30.8. The largest absolute Gasteiger partial charge is 4.00 e. The summed E-state index contributed by atoms with van der Waals surface area (Å²) in [7, 11) is 10.5. The van der Waals surface area contributed by atoms with E-state index in [4.69, 9.17) is 0 Å². The van der Waals surface area contributed by atoms with E-state index in [2.05, 4.69) is 57.5 Å². The van der Waals surface area contributed by atoms with Crippen molar-refractivity contribution in [2.24, 2.45) is 0 Å². The molecule has 3 nitrogen and oxygen atoms in total. The molecule has 0 unspecified atom stereocenters. The molecule has 1 aromatic rings. The molecule has 0 aromatic heterocycles. The Bertz CT molecular complexity index is 216. The van der Waals surface area contributed by atoms with Crippen LogP contribution in [-0.2, 0) is 26.2 Å². The van der Waals surface area contributed by atoms with Crippen molar-refractivity contribution in [3.05, 3.63) is 40.2 Å². The van der Waals surface area contributed by atoms with Crippen LogP contribution in [0.4, 0.5) is 0 Å². The third-order valence-electron chi connectivity index (χ3n) is 1.53. The molecule has 0 aliphatic carbocycles. The third-order valence-corrected chi connectivity index (χ3v) is 5.86. The molecule has 1 rings (SSSR count). The van der Waals surface area contributed by atoms with E-state index in [9.17, 15) is 0 Å². The second-order valence-electron chi connectivity index (χ2n) is 4.77. The molecule has 0 radical (unpaired) electrons. The maximum absolute atomic E-state index is 3.50. The summed E-state index contributed by atoms with van der Waals surface area (Å²) in [6.07, 6.45) is 0. The van der Waals surface area contributed by atoms with Crippen molar-refractivity contribution in [1.82, 2.24) is 0 Å². The van der Waals surface area contributed by atoms with Gasteiger partial charge in [-0.05, 0) is 0 Å². The Morgan fingerprint density at radius 1 is 0.684 bits per heavy atom. The van der Waals surface area contributed by atoms with Crippen LogP contribution in [0.25, 0.3) is 16.0 Å². The minimum atomic E-state index is -1.44. The van der Waals surface area contributed by atoms with Gasteiger partial charge in [0.15, 0.2) is 0 Å². The third kappa shape index (κ3) is 27.8. The topological polar surface area (TPSA) is 42.3 Å². The number of nitrogens with zero attached hydrogens (tertiary/aromatic N) is 3. The van der Waals surface area contributed by atoms with E-state index in [1.807, 2.05) is 0 Å². The van der Waals surface area contributed by atoms with Gasteiger partial charge in [-0.2, -0.15) is 42.3 Å². The fourth-order valence-electron chi connectivity index (χ4n) is 0.874. The molecule has 1 aromatic carbocycles. The van der Waals surface area contributed by atoms with Crippen LogP contribution in [0.2, 0.25) is 17.3 Å². The van der Waals surface area contributed by atoms with Crippen molar-refractivity contribution in [3.63, 3.8) is 0 Å². The standard InChI is InChI=1S/C8H13Ge.3C2H6N.Zr/c1-9(2,3)8-6-4-5-7-8;3*1-3-2;/h4-7H,1-3H3;3*1-2H3;/q4*-1;+4. The van der Waals surface area contributed by atoms with Crippen molar-refractivity contribution in [2.45, 2.75) is 17.3 Å². The van der Waals surface area contributed by atoms with Gasteiger partial charge in [-0.1, -0.05) is 0 Å². The Hall–Kier alpha value is 0.656. The molecule has 0 spiro atoms. The number of hydrogen-bond donors (Lipinski definition) is 0. The van der Waals surface area contributed by atoms with Crippen molar-refractivity contribution in [2.75, 3.05) is 42.3 Å². The van der Waals surface area contributed by atoms with Gasteiger partial charge in [0.2, 0.25) is 0 Å². The first-order chi connectivity index (χ1) is 8.35. The summed E-state index contributed by atoms with van der Waals surface area (Å²) in [5, 5.41) is 10.5. The van der Waals surface area contributed by atoms with Crippen LogP contribution >= 0.6 is 0 Å². The van der Waals surface area contributed by atoms with Gasteiger partial charge in [0.05, 0.1) is 0 Å². The van der Waals surface area contributed by atoms with Gasteiger partial charge in [0.25, 0.3) is 0 Å². The summed E-state index contributed by atoms with van der Waals surface area (Å²) < 4.78 is 1.61. The fraction of sp³-hybridized carbons (Fsp3) is 0.643. The van der Waals surface area contributed by atoms with E-state index < -0.39 is 13.3 Å². The maximum atomic E-state index is 3.50. The first-order valence-electron chi connectivity index (χ1n) is 6.01.